The first-order valence-corrected chi connectivity index (χ1v) is 11.8. The summed E-state index contributed by atoms with van der Waals surface area (Å²) in [5.41, 5.74) is 5.45. The van der Waals surface area contributed by atoms with Crippen molar-refractivity contribution in [1.82, 2.24) is 0 Å². The number of nitrogens with zero attached hydrogens (tertiary/aromatic N) is 2. The van der Waals surface area contributed by atoms with E-state index in [2.05, 4.69) is 5.32 Å². The number of amides is 3. The molecule has 0 aromatic heterocycles. The Labute approximate surface area is 216 Å². The van der Waals surface area contributed by atoms with E-state index in [1.165, 1.54) is 22.8 Å². The molecule has 2 aliphatic rings. The molecule has 0 aliphatic carbocycles. The van der Waals surface area contributed by atoms with Crippen LogP contribution in [-0.2, 0) is 36.6 Å². The summed E-state index contributed by atoms with van der Waals surface area (Å²) in [6, 6.07) is 8.68. The van der Waals surface area contributed by atoms with Gasteiger partial charge in [-0.05, 0) is 48.4 Å². The molecule has 0 bridgehead atoms. The number of nitrogens with two attached hydrogens (primary N) is 1. The number of hydrogen-bond acceptors (Lipinski definition) is 7. The smallest absolute Gasteiger partial charge is 0.380 e. The number of carbonyl (C=O) groups excluding carboxylic acids is 3. The van der Waals surface area contributed by atoms with Gasteiger partial charge in [-0.15, -0.1) is 0 Å². The zero-order chi connectivity index (χ0) is 27.6. The monoisotopic (exact) mass is 536 g/mol. The summed E-state index contributed by atoms with van der Waals surface area (Å²) in [5.74, 6) is -2.06. The number of alkyl halides is 3. The second-order valence-electron chi connectivity index (χ2n) is 8.84. The van der Waals surface area contributed by atoms with Gasteiger partial charge in [-0.3, -0.25) is 14.4 Å². The van der Waals surface area contributed by atoms with Gasteiger partial charge in [0.05, 0.1) is 18.8 Å². The summed E-state index contributed by atoms with van der Waals surface area (Å²) < 4.78 is 50.9. The average molecular weight is 537 g/mol. The van der Waals surface area contributed by atoms with Crippen molar-refractivity contribution in [2.75, 3.05) is 48.0 Å². The number of aliphatic hydroxyl groups excluding tert-OH is 1. The Morgan fingerprint density at radius 3 is 2.50 bits per heavy atom. The fraction of sp³-hybridized carbons (Fsp3) is 0.400. The molecule has 2 heterocycles. The number of benzene rings is 2. The molecule has 13 heteroatoms. The highest BCUT2D eigenvalue weighted by Gasteiger charge is 2.40. The van der Waals surface area contributed by atoms with E-state index in [-0.39, 0.29) is 49.0 Å². The Bertz CT molecular complexity index is 1240. The van der Waals surface area contributed by atoms with Gasteiger partial charge in [-0.2, -0.15) is 13.2 Å². The van der Waals surface area contributed by atoms with Crippen molar-refractivity contribution in [1.29, 1.82) is 0 Å². The van der Waals surface area contributed by atoms with Crippen molar-refractivity contribution in [3.05, 3.63) is 53.1 Å². The van der Waals surface area contributed by atoms with Crippen LogP contribution in [0.2, 0.25) is 0 Å². The maximum atomic E-state index is 13.5. The molecule has 10 nitrogen and oxygen atoms in total. The number of halogens is 3. The normalized spacial score (nSPS) is 19.5. The molecule has 2 fully saturated rings. The second-order valence-corrected chi connectivity index (χ2v) is 8.84. The molecule has 2 aromatic carbocycles. The van der Waals surface area contributed by atoms with E-state index >= 15 is 0 Å². The van der Waals surface area contributed by atoms with Crippen molar-refractivity contribution >= 4 is 34.8 Å². The van der Waals surface area contributed by atoms with E-state index in [0.29, 0.717) is 24.5 Å². The molecule has 2 saturated heterocycles. The first kappa shape index (κ1) is 27.5. The first-order chi connectivity index (χ1) is 18.0. The van der Waals surface area contributed by atoms with E-state index < -0.39 is 35.8 Å². The van der Waals surface area contributed by atoms with Crippen LogP contribution in [0, 0.1) is 6.92 Å². The van der Waals surface area contributed by atoms with Crippen LogP contribution in [-0.4, -0.2) is 67.9 Å². The molecular weight excluding hydrogens is 509 g/mol. The van der Waals surface area contributed by atoms with Gasteiger partial charge < -0.3 is 35.4 Å². The molecule has 0 saturated carbocycles. The number of aliphatic hydroxyl groups is 1. The van der Waals surface area contributed by atoms with Gasteiger partial charge >= 0.3 is 6.18 Å². The topological polar surface area (TPSA) is 134 Å². The Hall–Kier alpha value is -3.52. The molecule has 4 N–H and O–H groups in total. The largest absolute Gasteiger partial charge is 0.416 e. The summed E-state index contributed by atoms with van der Waals surface area (Å²) in [6.07, 6.45) is -8.29. The molecule has 2 aliphatic heterocycles. The third-order valence-corrected chi connectivity index (χ3v) is 6.42. The molecule has 0 unspecified atom stereocenters. The van der Waals surface area contributed by atoms with Crippen molar-refractivity contribution in [3.8, 4) is 0 Å². The number of rotatable bonds is 6. The first-order valence-electron chi connectivity index (χ1n) is 11.8. The van der Waals surface area contributed by atoms with E-state index in [1.807, 2.05) is 0 Å². The molecular formula is C25H27F3N4O6. The minimum atomic E-state index is -4.68. The highest BCUT2D eigenvalue weighted by Crippen LogP contribution is 2.35. The van der Waals surface area contributed by atoms with Crippen LogP contribution in [0.3, 0.4) is 0 Å². The molecule has 0 radical (unpaired) electrons. The number of carbonyl (C=O) groups is 3. The van der Waals surface area contributed by atoms with Gasteiger partial charge in [0, 0.05) is 36.7 Å². The Kier molecular flexibility index (Phi) is 8.02. The predicted molar refractivity (Wildman–Crippen MR) is 130 cm³/mol. The van der Waals surface area contributed by atoms with Crippen LogP contribution < -0.4 is 20.9 Å². The van der Waals surface area contributed by atoms with Crippen LogP contribution in [0.1, 0.15) is 16.7 Å². The van der Waals surface area contributed by atoms with Gasteiger partial charge in [0.2, 0.25) is 0 Å². The van der Waals surface area contributed by atoms with Crippen LogP contribution in [0.25, 0.3) is 0 Å². The molecule has 38 heavy (non-hydrogen) atoms. The lowest BCUT2D eigenvalue weighted by atomic mass is 10.0. The quantitative estimate of drug-likeness (QED) is 0.510. The lowest BCUT2D eigenvalue weighted by molar-refractivity contribution is -0.150. The van der Waals surface area contributed by atoms with Crippen molar-refractivity contribution < 1.29 is 42.1 Å². The van der Waals surface area contributed by atoms with Gasteiger partial charge in [0.25, 0.3) is 17.7 Å². The van der Waals surface area contributed by atoms with Gasteiger partial charge in [-0.25, -0.2) is 0 Å². The minimum absolute atomic E-state index is 0.0124. The number of hydrogen-bond donors (Lipinski definition) is 3. The Balaban J connectivity index is 1.51. The lowest BCUT2D eigenvalue weighted by Crippen LogP contribution is -2.55. The van der Waals surface area contributed by atoms with Crippen LogP contribution >= 0.6 is 0 Å². The predicted octanol–water partition coefficient (Wildman–Crippen LogP) is 1.57. The Morgan fingerprint density at radius 1 is 1.16 bits per heavy atom. The summed E-state index contributed by atoms with van der Waals surface area (Å²) in [6.45, 7) is 1.85. The summed E-state index contributed by atoms with van der Waals surface area (Å²) in [5, 5.41) is 12.9. The summed E-state index contributed by atoms with van der Waals surface area (Å²) in [7, 11) is 0. The van der Waals surface area contributed by atoms with E-state index in [9.17, 15) is 32.7 Å². The van der Waals surface area contributed by atoms with Crippen LogP contribution in [0.5, 0.6) is 0 Å². The number of morpholine rings is 2. The van der Waals surface area contributed by atoms with Crippen molar-refractivity contribution in [2.45, 2.75) is 31.9 Å². The zero-order valence-electron chi connectivity index (χ0n) is 20.5. The van der Waals surface area contributed by atoms with Crippen molar-refractivity contribution in [2.24, 2.45) is 5.73 Å². The van der Waals surface area contributed by atoms with Crippen LogP contribution in [0.15, 0.2) is 36.4 Å². The number of ether oxygens (including phenoxy) is 2. The number of nitrogens with one attached hydrogen (secondary N) is 1. The van der Waals surface area contributed by atoms with E-state index in [0.717, 1.165) is 6.07 Å². The zero-order valence-corrected chi connectivity index (χ0v) is 20.5. The number of anilines is 3. The third kappa shape index (κ3) is 5.65. The molecule has 204 valence electrons. The molecule has 0 spiro atoms. The fourth-order valence-electron chi connectivity index (χ4n) is 4.42. The Morgan fingerprint density at radius 2 is 1.84 bits per heavy atom. The maximum absolute atomic E-state index is 13.5. The van der Waals surface area contributed by atoms with Gasteiger partial charge in [-0.1, -0.05) is 6.07 Å². The molecule has 2 atom stereocenters. The van der Waals surface area contributed by atoms with Gasteiger partial charge in [0.1, 0.15) is 6.61 Å². The summed E-state index contributed by atoms with van der Waals surface area (Å²) >= 11 is 0. The third-order valence-electron chi connectivity index (χ3n) is 6.42. The molecule has 4 rings (SSSR count). The molecule has 2 aromatic rings. The average Bonchev–Trinajstić information content (AvgIpc) is 2.89. The summed E-state index contributed by atoms with van der Waals surface area (Å²) in [4.78, 5) is 41.0. The van der Waals surface area contributed by atoms with E-state index in [4.69, 9.17) is 15.2 Å². The second kappa shape index (κ2) is 11.1. The fourth-order valence-corrected chi connectivity index (χ4v) is 4.42. The maximum Gasteiger partial charge on any atom is 0.416 e. The molecule has 3 amide bonds. The van der Waals surface area contributed by atoms with Crippen LogP contribution in [0.4, 0.5) is 30.2 Å². The minimum Gasteiger partial charge on any atom is -0.380 e. The van der Waals surface area contributed by atoms with Gasteiger partial charge in [0.15, 0.2) is 12.2 Å². The highest BCUT2D eigenvalue weighted by atomic mass is 19.4. The standard InChI is InChI=1S/C25H27F3N4O6/c1-14-15(12-29)9-16(10-19(14)25(26,27)28)30-23(35)21(34)22-24(36)32(6-8-38-22)18-4-2-3-17(11-18)31-5-7-37-13-20(31)33/h2-4,9-11,21-22,34H,5-8,12-13,29H2,1H3,(H,30,35)/t21-,22-/m1/s1. The SMILES string of the molecule is Cc1c(CN)cc(NC(=O)[C@H](O)[C@H]2OCCN(c3cccc(N4CCOCC4=O)c3)C2=O)cc1C(F)(F)F. The van der Waals surface area contributed by atoms with Crippen molar-refractivity contribution in [3.63, 3.8) is 0 Å². The lowest BCUT2D eigenvalue weighted by Gasteiger charge is -2.35. The van der Waals surface area contributed by atoms with E-state index in [1.54, 1.807) is 24.3 Å². The highest BCUT2D eigenvalue weighted by molar-refractivity contribution is 6.04.